The van der Waals surface area contributed by atoms with Gasteiger partial charge in [-0.15, -0.1) is 0 Å². The molecule has 4 heteroatoms. The molecular formula is C13H26N2O2. The van der Waals surface area contributed by atoms with Crippen LogP contribution in [0.1, 0.15) is 46.5 Å². The number of hydrogen-bond acceptors (Lipinski definition) is 3. The van der Waals surface area contributed by atoms with Crippen LogP contribution in [0.3, 0.4) is 0 Å². The lowest BCUT2D eigenvalue weighted by Gasteiger charge is -2.33. The molecule has 4 nitrogen and oxygen atoms in total. The van der Waals surface area contributed by atoms with Gasteiger partial charge in [-0.1, -0.05) is 6.92 Å². The third-order valence-corrected chi connectivity index (χ3v) is 3.53. The Morgan fingerprint density at radius 2 is 2.18 bits per heavy atom. The van der Waals surface area contributed by atoms with E-state index in [1.54, 1.807) is 6.92 Å². The fraction of sp³-hybridized carbons (Fsp3) is 0.923. The van der Waals surface area contributed by atoms with Crippen molar-refractivity contribution in [2.75, 3.05) is 13.1 Å². The minimum absolute atomic E-state index is 0.238. The van der Waals surface area contributed by atoms with E-state index in [1.807, 2.05) is 0 Å². The highest BCUT2D eigenvalue weighted by molar-refractivity contribution is 5.77. The average Bonchev–Trinajstić information content (AvgIpc) is 3.00. The van der Waals surface area contributed by atoms with Gasteiger partial charge in [-0.3, -0.25) is 4.79 Å². The summed E-state index contributed by atoms with van der Waals surface area (Å²) in [5, 5.41) is 9.05. The standard InChI is InChI=1S/C13H26N2O2/c1-4-7-15(9-11-5-6-11)10(2)8-13(3,14)12(16)17/h10-11H,4-9,14H2,1-3H3,(H,16,17). The van der Waals surface area contributed by atoms with Gasteiger partial charge in [-0.2, -0.15) is 0 Å². The molecule has 3 N–H and O–H groups in total. The highest BCUT2D eigenvalue weighted by Gasteiger charge is 2.33. The molecule has 0 aromatic rings. The second-order valence-corrected chi connectivity index (χ2v) is 5.71. The third kappa shape index (κ3) is 4.64. The van der Waals surface area contributed by atoms with E-state index < -0.39 is 11.5 Å². The van der Waals surface area contributed by atoms with Gasteiger partial charge < -0.3 is 15.7 Å². The molecular weight excluding hydrogens is 216 g/mol. The molecule has 0 spiro atoms. The van der Waals surface area contributed by atoms with Gasteiger partial charge in [0.25, 0.3) is 0 Å². The fourth-order valence-electron chi connectivity index (χ4n) is 2.24. The van der Waals surface area contributed by atoms with E-state index in [0.717, 1.165) is 25.4 Å². The molecule has 2 atom stereocenters. The molecule has 1 saturated carbocycles. The molecule has 1 aliphatic carbocycles. The molecule has 0 aromatic heterocycles. The van der Waals surface area contributed by atoms with Crippen molar-refractivity contribution in [3.63, 3.8) is 0 Å². The number of carboxylic acids is 1. The zero-order valence-electron chi connectivity index (χ0n) is 11.3. The second kappa shape index (κ2) is 5.83. The van der Waals surface area contributed by atoms with E-state index in [1.165, 1.54) is 12.8 Å². The van der Waals surface area contributed by atoms with Crippen LogP contribution in [0.5, 0.6) is 0 Å². The van der Waals surface area contributed by atoms with Gasteiger partial charge in [0.1, 0.15) is 5.54 Å². The molecule has 0 saturated heterocycles. The summed E-state index contributed by atoms with van der Waals surface area (Å²) in [6, 6.07) is 0.238. The number of nitrogens with two attached hydrogens (primary N) is 1. The lowest BCUT2D eigenvalue weighted by atomic mass is 9.94. The minimum atomic E-state index is -1.12. The Bertz CT molecular complexity index is 262. The predicted octanol–water partition coefficient (Wildman–Crippen LogP) is 1.69. The highest BCUT2D eigenvalue weighted by atomic mass is 16.4. The van der Waals surface area contributed by atoms with Gasteiger partial charge in [0, 0.05) is 12.6 Å². The molecule has 0 aromatic carbocycles. The van der Waals surface area contributed by atoms with E-state index >= 15 is 0 Å². The van der Waals surface area contributed by atoms with Crippen LogP contribution in [0.2, 0.25) is 0 Å². The summed E-state index contributed by atoms with van der Waals surface area (Å²) in [6.45, 7) is 7.99. The van der Waals surface area contributed by atoms with Gasteiger partial charge >= 0.3 is 5.97 Å². The molecule has 0 amide bonds. The number of carbonyl (C=O) groups is 1. The summed E-state index contributed by atoms with van der Waals surface area (Å²) < 4.78 is 0. The molecule has 2 unspecified atom stereocenters. The van der Waals surface area contributed by atoms with Crippen LogP contribution in [0.4, 0.5) is 0 Å². The van der Waals surface area contributed by atoms with Gasteiger partial charge in [-0.25, -0.2) is 0 Å². The SMILES string of the molecule is CCCN(CC1CC1)C(C)CC(C)(N)C(=O)O. The second-order valence-electron chi connectivity index (χ2n) is 5.71. The molecule has 0 radical (unpaired) electrons. The zero-order valence-corrected chi connectivity index (χ0v) is 11.3. The Labute approximate surface area is 104 Å². The fourth-order valence-corrected chi connectivity index (χ4v) is 2.24. The molecule has 0 bridgehead atoms. The van der Waals surface area contributed by atoms with E-state index in [0.29, 0.717) is 6.42 Å². The Kier molecular flexibility index (Phi) is 4.95. The maximum Gasteiger partial charge on any atom is 0.323 e. The van der Waals surface area contributed by atoms with Gasteiger partial charge in [0.15, 0.2) is 0 Å². The summed E-state index contributed by atoms with van der Waals surface area (Å²) in [7, 11) is 0. The van der Waals surface area contributed by atoms with Crippen molar-refractivity contribution < 1.29 is 9.90 Å². The summed E-state index contributed by atoms with van der Waals surface area (Å²) in [5.41, 5.74) is 4.70. The Morgan fingerprint density at radius 1 is 1.59 bits per heavy atom. The van der Waals surface area contributed by atoms with Crippen molar-refractivity contribution in [1.29, 1.82) is 0 Å². The Balaban J connectivity index is 2.50. The van der Waals surface area contributed by atoms with Crippen molar-refractivity contribution >= 4 is 5.97 Å². The van der Waals surface area contributed by atoms with Gasteiger partial charge in [0.2, 0.25) is 0 Å². The largest absolute Gasteiger partial charge is 0.480 e. The number of carboxylic acid groups (broad SMARTS) is 1. The summed E-state index contributed by atoms with van der Waals surface area (Å²) >= 11 is 0. The van der Waals surface area contributed by atoms with Crippen molar-refractivity contribution in [3.8, 4) is 0 Å². The van der Waals surface area contributed by atoms with Crippen LogP contribution in [-0.2, 0) is 4.79 Å². The third-order valence-electron chi connectivity index (χ3n) is 3.53. The van der Waals surface area contributed by atoms with Crippen molar-refractivity contribution in [3.05, 3.63) is 0 Å². The van der Waals surface area contributed by atoms with E-state index in [2.05, 4.69) is 18.7 Å². The van der Waals surface area contributed by atoms with Gasteiger partial charge in [0.05, 0.1) is 0 Å². The van der Waals surface area contributed by atoms with E-state index in [9.17, 15) is 4.79 Å². The summed E-state index contributed by atoms with van der Waals surface area (Å²) in [4.78, 5) is 13.4. The number of aliphatic carboxylic acids is 1. The molecule has 1 fully saturated rings. The molecule has 0 aliphatic heterocycles. The van der Waals surface area contributed by atoms with Crippen LogP contribution in [0.25, 0.3) is 0 Å². The lowest BCUT2D eigenvalue weighted by Crippen LogP contribution is -2.50. The predicted molar refractivity (Wildman–Crippen MR) is 68.9 cm³/mol. The van der Waals surface area contributed by atoms with Crippen molar-refractivity contribution in [1.82, 2.24) is 4.90 Å². The summed E-state index contributed by atoms with van der Waals surface area (Å²) in [5.74, 6) is -0.0786. The lowest BCUT2D eigenvalue weighted by molar-refractivity contribution is -0.143. The molecule has 17 heavy (non-hydrogen) atoms. The smallest absolute Gasteiger partial charge is 0.323 e. The number of nitrogens with zero attached hydrogens (tertiary/aromatic N) is 1. The quantitative estimate of drug-likeness (QED) is 0.679. The maximum absolute atomic E-state index is 11.0. The monoisotopic (exact) mass is 242 g/mol. The van der Waals surface area contributed by atoms with E-state index in [4.69, 9.17) is 10.8 Å². The first kappa shape index (κ1) is 14.5. The van der Waals surface area contributed by atoms with Crippen molar-refractivity contribution in [2.45, 2.75) is 58.0 Å². The number of hydrogen-bond donors (Lipinski definition) is 2. The first-order valence-corrected chi connectivity index (χ1v) is 6.63. The topological polar surface area (TPSA) is 66.6 Å². The van der Waals surface area contributed by atoms with Gasteiger partial charge in [-0.05, 0) is 52.0 Å². The first-order chi connectivity index (χ1) is 7.86. The Morgan fingerprint density at radius 3 is 2.59 bits per heavy atom. The molecule has 1 aliphatic rings. The normalized spacial score (nSPS) is 21.2. The van der Waals surface area contributed by atoms with Crippen LogP contribution in [0.15, 0.2) is 0 Å². The molecule has 100 valence electrons. The van der Waals surface area contributed by atoms with Crippen LogP contribution in [0, 0.1) is 5.92 Å². The Hall–Kier alpha value is -0.610. The number of rotatable bonds is 8. The highest BCUT2D eigenvalue weighted by Crippen LogP contribution is 2.31. The molecule has 1 rings (SSSR count). The van der Waals surface area contributed by atoms with Crippen LogP contribution in [-0.4, -0.2) is 40.6 Å². The maximum atomic E-state index is 11.0. The minimum Gasteiger partial charge on any atom is -0.480 e. The van der Waals surface area contributed by atoms with E-state index in [-0.39, 0.29) is 6.04 Å². The van der Waals surface area contributed by atoms with Crippen LogP contribution >= 0.6 is 0 Å². The zero-order chi connectivity index (χ0) is 13.1. The average molecular weight is 242 g/mol. The van der Waals surface area contributed by atoms with Crippen LogP contribution < -0.4 is 5.73 Å². The first-order valence-electron chi connectivity index (χ1n) is 6.63. The molecule has 0 heterocycles. The van der Waals surface area contributed by atoms with Crippen molar-refractivity contribution in [2.24, 2.45) is 11.7 Å². The summed E-state index contributed by atoms with van der Waals surface area (Å²) in [6.07, 6.45) is 4.26.